The first-order chi connectivity index (χ1) is 8.35. The molecule has 0 unspecified atom stereocenters. The molecule has 1 aliphatic rings. The Morgan fingerprint density at radius 1 is 1.41 bits per heavy atom. The number of rotatable bonds is 6. The van der Waals surface area contributed by atoms with Crippen molar-refractivity contribution in [2.45, 2.75) is 26.3 Å². The van der Waals surface area contributed by atoms with Crippen LogP contribution in [-0.4, -0.2) is 42.3 Å². The van der Waals surface area contributed by atoms with Gasteiger partial charge in [0, 0.05) is 25.7 Å². The predicted molar refractivity (Wildman–Crippen MR) is 67.5 cm³/mol. The Balaban J connectivity index is 2.13. The predicted octanol–water partition coefficient (Wildman–Crippen LogP) is 1.06. The van der Waals surface area contributed by atoms with E-state index in [1.807, 2.05) is 13.0 Å². The zero-order valence-electron chi connectivity index (χ0n) is 10.5. The number of hydrogen-bond acceptors (Lipinski definition) is 5. The molecule has 94 valence electrons. The van der Waals surface area contributed by atoms with Crippen LogP contribution in [0.5, 0.6) is 5.88 Å². The molecule has 0 atom stereocenters. The first-order valence-corrected chi connectivity index (χ1v) is 6.27. The molecule has 0 radical (unpaired) electrons. The van der Waals surface area contributed by atoms with Crippen molar-refractivity contribution in [1.82, 2.24) is 15.3 Å². The average molecular weight is 236 g/mol. The largest absolute Gasteiger partial charge is 0.478 e. The Bertz CT molecular complexity index is 354. The fraction of sp³-hybridized carbons (Fsp3) is 0.667. The van der Waals surface area contributed by atoms with Crippen LogP contribution in [0.1, 0.15) is 20.3 Å². The lowest BCUT2D eigenvalue weighted by Gasteiger charge is -2.38. The van der Waals surface area contributed by atoms with Crippen LogP contribution in [0.3, 0.4) is 0 Å². The van der Waals surface area contributed by atoms with E-state index in [1.165, 1.54) is 0 Å². The van der Waals surface area contributed by atoms with Crippen LogP contribution >= 0.6 is 0 Å². The lowest BCUT2D eigenvalue weighted by molar-refractivity contribution is 0.325. The molecule has 1 N–H and O–H groups in total. The molecular formula is C12H20N4O. The second-order valence-corrected chi connectivity index (χ2v) is 4.15. The lowest BCUT2D eigenvalue weighted by atomic mass is 10.1. The quantitative estimate of drug-likeness (QED) is 0.800. The van der Waals surface area contributed by atoms with Crippen LogP contribution in [0.15, 0.2) is 12.4 Å². The molecule has 17 heavy (non-hydrogen) atoms. The molecule has 2 heterocycles. The third kappa shape index (κ3) is 2.85. The summed E-state index contributed by atoms with van der Waals surface area (Å²) in [6.07, 6.45) is 2.69. The molecule has 5 heteroatoms. The molecule has 1 aliphatic heterocycles. The number of anilines is 1. The van der Waals surface area contributed by atoms with Crippen LogP contribution in [0.2, 0.25) is 0 Å². The fourth-order valence-corrected chi connectivity index (χ4v) is 1.93. The highest BCUT2D eigenvalue weighted by Crippen LogP contribution is 2.20. The molecule has 0 saturated carbocycles. The summed E-state index contributed by atoms with van der Waals surface area (Å²) in [6, 6.07) is 2.48. The minimum Gasteiger partial charge on any atom is -0.478 e. The average Bonchev–Trinajstić information content (AvgIpc) is 2.27. The maximum atomic E-state index is 5.41. The minimum atomic E-state index is 0.555. The highest BCUT2D eigenvalue weighted by Gasteiger charge is 2.25. The number of nitrogens with zero attached hydrogens (tertiary/aromatic N) is 3. The number of ether oxygens (including phenoxy) is 1. The Morgan fingerprint density at radius 2 is 2.24 bits per heavy atom. The summed E-state index contributed by atoms with van der Waals surface area (Å²) in [6.45, 7) is 7.87. The molecule has 1 fully saturated rings. The SMILES string of the molecule is CCCN(c1cc(OCC)ncn1)C1CNC1. The van der Waals surface area contributed by atoms with Gasteiger partial charge in [-0.15, -0.1) is 0 Å². The zero-order valence-corrected chi connectivity index (χ0v) is 10.5. The van der Waals surface area contributed by atoms with Gasteiger partial charge in [-0.2, -0.15) is 0 Å². The summed E-state index contributed by atoms with van der Waals surface area (Å²) >= 11 is 0. The van der Waals surface area contributed by atoms with Gasteiger partial charge in [-0.05, 0) is 13.3 Å². The maximum Gasteiger partial charge on any atom is 0.218 e. The van der Waals surface area contributed by atoms with Gasteiger partial charge in [-0.1, -0.05) is 6.92 Å². The van der Waals surface area contributed by atoms with Crippen molar-refractivity contribution in [3.63, 3.8) is 0 Å². The van der Waals surface area contributed by atoms with Crippen molar-refractivity contribution < 1.29 is 4.74 Å². The van der Waals surface area contributed by atoms with Crippen molar-refractivity contribution in [2.75, 3.05) is 31.1 Å². The molecule has 0 spiro atoms. The van der Waals surface area contributed by atoms with Crippen LogP contribution in [0.25, 0.3) is 0 Å². The van der Waals surface area contributed by atoms with E-state index in [1.54, 1.807) is 6.33 Å². The molecule has 1 aromatic heterocycles. The third-order valence-electron chi connectivity index (χ3n) is 2.88. The van der Waals surface area contributed by atoms with Gasteiger partial charge in [0.2, 0.25) is 5.88 Å². The molecule has 0 aromatic carbocycles. The third-order valence-corrected chi connectivity index (χ3v) is 2.88. The molecule has 1 saturated heterocycles. The number of nitrogens with one attached hydrogen (secondary N) is 1. The van der Waals surface area contributed by atoms with Crippen LogP contribution in [0, 0.1) is 0 Å². The summed E-state index contributed by atoms with van der Waals surface area (Å²) in [5, 5.41) is 3.29. The summed E-state index contributed by atoms with van der Waals surface area (Å²) < 4.78 is 5.41. The molecule has 1 aromatic rings. The van der Waals surface area contributed by atoms with E-state index >= 15 is 0 Å². The van der Waals surface area contributed by atoms with Gasteiger partial charge in [0.15, 0.2) is 0 Å². The van der Waals surface area contributed by atoms with Crippen molar-refractivity contribution >= 4 is 5.82 Å². The first kappa shape index (κ1) is 12.1. The Labute approximate surface area is 102 Å². The molecule has 5 nitrogen and oxygen atoms in total. The monoisotopic (exact) mass is 236 g/mol. The van der Waals surface area contributed by atoms with Gasteiger partial charge in [0.05, 0.1) is 12.6 Å². The standard InChI is InChI=1S/C12H20N4O/c1-3-5-16(10-7-13-8-10)11-6-12(17-4-2)15-9-14-11/h6,9-10,13H,3-5,7-8H2,1-2H3. The number of aromatic nitrogens is 2. The first-order valence-electron chi connectivity index (χ1n) is 6.27. The normalized spacial score (nSPS) is 15.4. The Kier molecular flexibility index (Phi) is 4.14. The molecule has 0 bridgehead atoms. The summed E-state index contributed by atoms with van der Waals surface area (Å²) in [7, 11) is 0. The topological polar surface area (TPSA) is 50.3 Å². The Hall–Kier alpha value is -1.36. The molecule has 0 aliphatic carbocycles. The highest BCUT2D eigenvalue weighted by atomic mass is 16.5. The van der Waals surface area contributed by atoms with Gasteiger partial charge >= 0.3 is 0 Å². The van der Waals surface area contributed by atoms with Gasteiger partial charge in [0.1, 0.15) is 12.1 Å². The second-order valence-electron chi connectivity index (χ2n) is 4.15. The highest BCUT2D eigenvalue weighted by molar-refractivity contribution is 5.43. The second kappa shape index (κ2) is 5.82. The lowest BCUT2D eigenvalue weighted by Crippen LogP contribution is -2.57. The van der Waals surface area contributed by atoms with Crippen LogP contribution in [0.4, 0.5) is 5.82 Å². The van der Waals surface area contributed by atoms with E-state index in [2.05, 4.69) is 27.1 Å². The van der Waals surface area contributed by atoms with Crippen molar-refractivity contribution in [2.24, 2.45) is 0 Å². The van der Waals surface area contributed by atoms with E-state index in [0.717, 1.165) is 31.9 Å². The van der Waals surface area contributed by atoms with E-state index in [-0.39, 0.29) is 0 Å². The van der Waals surface area contributed by atoms with E-state index in [0.29, 0.717) is 18.5 Å². The Morgan fingerprint density at radius 3 is 2.82 bits per heavy atom. The van der Waals surface area contributed by atoms with Gasteiger partial charge in [-0.25, -0.2) is 9.97 Å². The minimum absolute atomic E-state index is 0.555. The molecule has 2 rings (SSSR count). The van der Waals surface area contributed by atoms with Crippen molar-refractivity contribution in [3.05, 3.63) is 12.4 Å². The summed E-state index contributed by atoms with van der Waals surface area (Å²) in [5.41, 5.74) is 0. The zero-order chi connectivity index (χ0) is 12.1. The van der Waals surface area contributed by atoms with Crippen molar-refractivity contribution in [1.29, 1.82) is 0 Å². The van der Waals surface area contributed by atoms with Crippen molar-refractivity contribution in [3.8, 4) is 5.88 Å². The molecular weight excluding hydrogens is 216 g/mol. The van der Waals surface area contributed by atoms with Crippen LogP contribution < -0.4 is 15.0 Å². The number of hydrogen-bond donors (Lipinski definition) is 1. The summed E-state index contributed by atoms with van der Waals surface area (Å²) in [4.78, 5) is 10.8. The smallest absolute Gasteiger partial charge is 0.218 e. The maximum absolute atomic E-state index is 5.41. The molecule has 0 amide bonds. The van der Waals surface area contributed by atoms with E-state index < -0.39 is 0 Å². The van der Waals surface area contributed by atoms with Gasteiger partial charge in [-0.3, -0.25) is 0 Å². The van der Waals surface area contributed by atoms with Crippen LogP contribution in [-0.2, 0) is 0 Å². The van der Waals surface area contributed by atoms with Gasteiger partial charge < -0.3 is 15.0 Å². The van der Waals surface area contributed by atoms with E-state index in [9.17, 15) is 0 Å². The fourth-order valence-electron chi connectivity index (χ4n) is 1.93. The van der Waals surface area contributed by atoms with Gasteiger partial charge in [0.25, 0.3) is 0 Å². The van der Waals surface area contributed by atoms with E-state index in [4.69, 9.17) is 4.74 Å². The summed E-state index contributed by atoms with van der Waals surface area (Å²) in [5.74, 6) is 1.63.